The SMILES string of the molecule is N#Cc1ccc(S(=O)(=O)c2cc(-n3c4ccccc4c4c5c(ccc43)c3ccccc3n5C3=CC=CC=CC3)cc(-n3c4ccccc4c4c3ccc3c5ccccc5n(-c5ccccc5)c34)c2)cc1.SS. The standard InChI is InChI=1S/C62H39N5O2S.H2S2/c63-39-40-28-30-45(31-29-40)70(68,69)46-37-43(64-55-26-14-10-22-51(55)59-57(64)34-32-49-47-20-8-12-24-53(47)66(61(49)59)41-16-4-1-2-5-17-41)36-44(38-46)65-56-27-15-11-23-52(56)60-58(65)35-33-50-48-21-9-13-25-54(48)67(62(50)60)42-18-6-3-7-19-42;1-2/h1-16,18-38H,17H2;1-2H. The average molecular weight is 984 g/mol. The zero-order valence-electron chi connectivity index (χ0n) is 38.4. The van der Waals surface area contributed by atoms with Crippen molar-refractivity contribution in [3.8, 4) is 23.1 Å². The molecule has 0 atom stereocenters. The van der Waals surface area contributed by atoms with Crippen molar-refractivity contribution in [1.82, 2.24) is 18.3 Å². The van der Waals surface area contributed by atoms with Gasteiger partial charge in [-0.2, -0.15) is 5.26 Å². The first-order chi connectivity index (χ1) is 35.5. The molecule has 7 nitrogen and oxygen atoms in total. The van der Waals surface area contributed by atoms with E-state index >= 15 is 8.42 Å². The van der Waals surface area contributed by atoms with Gasteiger partial charge >= 0.3 is 0 Å². The van der Waals surface area contributed by atoms with Crippen molar-refractivity contribution in [1.29, 1.82) is 5.26 Å². The average Bonchev–Trinajstić information content (AvgIpc) is 4.10. The number of benzene rings is 9. The van der Waals surface area contributed by atoms with Crippen LogP contribution in [0, 0.1) is 11.3 Å². The third-order valence-corrected chi connectivity index (χ3v) is 16.0. The summed E-state index contributed by atoms with van der Waals surface area (Å²) in [6.45, 7) is 0. The van der Waals surface area contributed by atoms with Crippen LogP contribution in [0.5, 0.6) is 0 Å². The molecule has 0 bridgehead atoms. The number of hydrogen-bond donors (Lipinski definition) is 2. The number of nitriles is 1. The van der Waals surface area contributed by atoms with Gasteiger partial charge in [-0.1, -0.05) is 127 Å². The maximum atomic E-state index is 15.2. The molecule has 10 heteroatoms. The fourth-order valence-corrected chi connectivity index (χ4v) is 12.6. The monoisotopic (exact) mass is 983 g/mol. The molecular formula is C62H41N5O2S3. The van der Waals surface area contributed by atoms with Crippen molar-refractivity contribution in [2.24, 2.45) is 0 Å². The number of para-hydroxylation sites is 5. The summed E-state index contributed by atoms with van der Waals surface area (Å²) >= 11 is 6.44. The van der Waals surface area contributed by atoms with Gasteiger partial charge in [0, 0.05) is 72.3 Å². The van der Waals surface area contributed by atoms with Crippen LogP contribution >= 0.6 is 23.3 Å². The van der Waals surface area contributed by atoms with Gasteiger partial charge in [-0.3, -0.25) is 0 Å². The van der Waals surface area contributed by atoms with E-state index in [4.69, 9.17) is 0 Å². The first-order valence-electron chi connectivity index (χ1n) is 23.6. The summed E-state index contributed by atoms with van der Waals surface area (Å²) < 4.78 is 39.6. The van der Waals surface area contributed by atoms with Crippen molar-refractivity contribution in [3.63, 3.8) is 0 Å². The summed E-state index contributed by atoms with van der Waals surface area (Å²) in [6.07, 6.45) is 11.4. The topological polar surface area (TPSA) is 77.7 Å². The molecule has 0 unspecified atom stereocenters. The number of nitrogens with zero attached hydrogens (tertiary/aromatic N) is 5. The lowest BCUT2D eigenvalue weighted by molar-refractivity contribution is 0.596. The van der Waals surface area contributed by atoms with E-state index in [1.807, 2.05) is 24.3 Å². The van der Waals surface area contributed by atoms with Gasteiger partial charge in [0.05, 0.1) is 65.6 Å². The van der Waals surface area contributed by atoms with E-state index in [0.29, 0.717) is 16.9 Å². The summed E-state index contributed by atoms with van der Waals surface area (Å²) in [6, 6.07) is 67.4. The largest absolute Gasteiger partial charge is 0.312 e. The van der Waals surface area contributed by atoms with E-state index in [2.05, 4.69) is 224 Å². The number of allylic oxidation sites excluding steroid dienone is 6. The van der Waals surface area contributed by atoms with Gasteiger partial charge in [0.2, 0.25) is 9.84 Å². The van der Waals surface area contributed by atoms with Crippen molar-refractivity contribution < 1.29 is 8.42 Å². The number of sulfone groups is 1. The molecule has 0 amide bonds. The Morgan fingerprint density at radius 2 is 0.903 bits per heavy atom. The third-order valence-electron chi connectivity index (χ3n) is 14.2. The first kappa shape index (κ1) is 43.6. The van der Waals surface area contributed by atoms with Crippen LogP contribution < -0.4 is 0 Å². The molecule has 0 fully saturated rings. The summed E-state index contributed by atoms with van der Waals surface area (Å²) in [7, 11) is -4.14. The van der Waals surface area contributed by atoms with Crippen LogP contribution in [-0.2, 0) is 9.84 Å². The van der Waals surface area contributed by atoms with Crippen LogP contribution in [0.3, 0.4) is 0 Å². The molecule has 0 spiro atoms. The Morgan fingerprint density at radius 1 is 0.417 bits per heavy atom. The molecule has 0 N–H and O–H groups in total. The van der Waals surface area contributed by atoms with Gasteiger partial charge in [0.1, 0.15) is 0 Å². The Kier molecular flexibility index (Phi) is 10.4. The van der Waals surface area contributed by atoms with Crippen molar-refractivity contribution >= 4 is 126 Å². The van der Waals surface area contributed by atoms with Crippen LogP contribution in [-0.4, -0.2) is 26.7 Å². The second-order valence-corrected chi connectivity index (χ2v) is 19.9. The number of hydrogen-bond acceptors (Lipinski definition) is 5. The first-order valence-corrected chi connectivity index (χ1v) is 26.7. The lowest BCUT2D eigenvalue weighted by Gasteiger charge is -2.16. The van der Waals surface area contributed by atoms with E-state index < -0.39 is 9.84 Å². The van der Waals surface area contributed by atoms with Crippen molar-refractivity contribution in [3.05, 3.63) is 230 Å². The van der Waals surface area contributed by atoms with Crippen LogP contribution in [0.2, 0.25) is 0 Å². The quantitative estimate of drug-likeness (QED) is 0.129. The molecule has 9 aromatic carbocycles. The lowest BCUT2D eigenvalue weighted by atomic mass is 10.1. The fourth-order valence-electron chi connectivity index (χ4n) is 11.3. The Morgan fingerprint density at radius 3 is 1.46 bits per heavy atom. The Labute approximate surface area is 424 Å². The second kappa shape index (κ2) is 17.1. The third kappa shape index (κ3) is 6.48. The molecule has 4 heterocycles. The summed E-state index contributed by atoms with van der Waals surface area (Å²) in [4.78, 5) is 0.248. The maximum absolute atomic E-state index is 15.2. The molecule has 0 saturated carbocycles. The highest BCUT2D eigenvalue weighted by Gasteiger charge is 2.27. The highest BCUT2D eigenvalue weighted by molar-refractivity contribution is 8.59. The highest BCUT2D eigenvalue weighted by atomic mass is 33.1. The molecular weight excluding hydrogens is 943 g/mol. The summed E-state index contributed by atoms with van der Waals surface area (Å²) in [5.74, 6) is 0. The van der Waals surface area contributed by atoms with E-state index in [0.717, 1.165) is 99.6 Å². The van der Waals surface area contributed by atoms with Crippen LogP contribution in [0.4, 0.5) is 0 Å². The minimum Gasteiger partial charge on any atom is -0.312 e. The van der Waals surface area contributed by atoms with E-state index in [9.17, 15) is 5.26 Å². The number of thiol groups is 2. The molecule has 4 aromatic heterocycles. The summed E-state index contributed by atoms with van der Waals surface area (Å²) in [5.41, 5.74) is 12.2. The number of aromatic nitrogens is 4. The van der Waals surface area contributed by atoms with Gasteiger partial charge in [-0.05, 0) is 97.1 Å². The molecule has 0 radical (unpaired) electrons. The number of rotatable bonds is 6. The molecule has 1 aliphatic carbocycles. The molecule has 0 saturated heterocycles. The predicted molar refractivity (Wildman–Crippen MR) is 304 cm³/mol. The maximum Gasteiger partial charge on any atom is 0.206 e. The minimum atomic E-state index is -4.14. The Bertz CT molecular complexity index is 4640. The molecule has 72 heavy (non-hydrogen) atoms. The lowest BCUT2D eigenvalue weighted by Crippen LogP contribution is -2.06. The van der Waals surface area contributed by atoms with Gasteiger partial charge in [0.15, 0.2) is 0 Å². The van der Waals surface area contributed by atoms with E-state index in [1.54, 1.807) is 12.1 Å². The van der Waals surface area contributed by atoms with Crippen LogP contribution in [0.15, 0.2) is 234 Å². The molecule has 1 aliphatic rings. The summed E-state index contributed by atoms with van der Waals surface area (Å²) in [5, 5.41) is 18.5. The predicted octanol–water partition coefficient (Wildman–Crippen LogP) is 15.9. The minimum absolute atomic E-state index is 0.110. The fraction of sp³-hybridized carbons (Fsp3) is 0.0161. The molecule has 0 aliphatic heterocycles. The van der Waals surface area contributed by atoms with Gasteiger partial charge < -0.3 is 18.3 Å². The van der Waals surface area contributed by atoms with E-state index in [-0.39, 0.29) is 9.79 Å². The van der Waals surface area contributed by atoms with Crippen molar-refractivity contribution in [2.45, 2.75) is 16.2 Å². The molecule has 344 valence electrons. The highest BCUT2D eigenvalue weighted by Crippen LogP contribution is 2.45. The van der Waals surface area contributed by atoms with Gasteiger partial charge in [0.25, 0.3) is 0 Å². The normalized spacial score (nSPS) is 12.9. The number of fused-ring (bicyclic) bond motifs is 14. The zero-order valence-corrected chi connectivity index (χ0v) is 41.0. The Hall–Kier alpha value is -8.46. The smallest absolute Gasteiger partial charge is 0.206 e. The second-order valence-electron chi connectivity index (χ2n) is 18.0. The van der Waals surface area contributed by atoms with Gasteiger partial charge in [-0.15, -0.1) is 23.3 Å². The van der Waals surface area contributed by atoms with Gasteiger partial charge in [-0.25, -0.2) is 8.42 Å². The van der Waals surface area contributed by atoms with Crippen LogP contribution in [0.1, 0.15) is 12.0 Å². The van der Waals surface area contributed by atoms with E-state index in [1.165, 1.54) is 17.5 Å². The van der Waals surface area contributed by atoms with Crippen molar-refractivity contribution in [2.75, 3.05) is 0 Å². The molecule has 13 aromatic rings. The Balaban J connectivity index is 0.00000249. The zero-order chi connectivity index (χ0) is 48.7. The molecule has 14 rings (SSSR count). The van der Waals surface area contributed by atoms with Crippen LogP contribution in [0.25, 0.3) is 110 Å².